The van der Waals surface area contributed by atoms with Gasteiger partial charge in [0.25, 0.3) is 11.8 Å². The lowest BCUT2D eigenvalue weighted by Crippen LogP contribution is -2.37. The lowest BCUT2D eigenvalue weighted by Gasteiger charge is -2.22. The van der Waals surface area contributed by atoms with Crippen molar-refractivity contribution in [1.82, 2.24) is 19.8 Å². The van der Waals surface area contributed by atoms with E-state index in [2.05, 4.69) is 9.97 Å². The molecule has 1 aliphatic heterocycles. The minimum absolute atomic E-state index is 0.00688. The van der Waals surface area contributed by atoms with Gasteiger partial charge >= 0.3 is 0 Å². The average molecular weight is 350 g/mol. The number of aromatic amines is 2. The van der Waals surface area contributed by atoms with E-state index in [4.69, 9.17) is 0 Å². The van der Waals surface area contributed by atoms with Crippen LogP contribution in [0.1, 0.15) is 33.0 Å². The molecule has 1 aliphatic rings. The molecule has 3 aromatic rings. The van der Waals surface area contributed by atoms with E-state index < -0.39 is 0 Å². The number of hydrogen-bond donors (Lipinski definition) is 2. The van der Waals surface area contributed by atoms with Crippen LogP contribution in [-0.2, 0) is 0 Å². The second kappa shape index (κ2) is 6.71. The highest BCUT2D eigenvalue weighted by Crippen LogP contribution is 2.24. The van der Waals surface area contributed by atoms with E-state index in [0.29, 0.717) is 31.9 Å². The fraction of sp³-hybridized carbons (Fsp3) is 0.300. The van der Waals surface area contributed by atoms with E-state index in [9.17, 15) is 9.59 Å². The van der Waals surface area contributed by atoms with E-state index in [-0.39, 0.29) is 11.8 Å². The number of rotatable bonds is 2. The molecule has 1 aromatic carbocycles. The van der Waals surface area contributed by atoms with E-state index in [1.54, 1.807) is 12.3 Å². The molecule has 3 heterocycles. The number of hydrogen-bond acceptors (Lipinski definition) is 2. The average Bonchev–Trinajstić information content (AvgIpc) is 3.21. The molecule has 0 radical (unpaired) electrons. The van der Waals surface area contributed by atoms with Crippen LogP contribution in [0.2, 0.25) is 0 Å². The first-order valence-corrected chi connectivity index (χ1v) is 8.94. The molecule has 0 saturated carbocycles. The first kappa shape index (κ1) is 16.4. The number of carbonyl (C=O) groups is 2. The van der Waals surface area contributed by atoms with Gasteiger partial charge in [-0.1, -0.05) is 18.2 Å². The van der Waals surface area contributed by atoms with Crippen LogP contribution in [0.5, 0.6) is 0 Å². The summed E-state index contributed by atoms with van der Waals surface area (Å²) < 4.78 is 0. The first-order chi connectivity index (χ1) is 12.6. The van der Waals surface area contributed by atoms with E-state index >= 15 is 0 Å². The van der Waals surface area contributed by atoms with Crippen LogP contribution in [0.3, 0.4) is 0 Å². The minimum atomic E-state index is -0.00688. The van der Waals surface area contributed by atoms with Gasteiger partial charge < -0.3 is 19.8 Å². The molecule has 6 heteroatoms. The Morgan fingerprint density at radius 2 is 1.65 bits per heavy atom. The second-order valence-electron chi connectivity index (χ2n) is 6.69. The topological polar surface area (TPSA) is 72.2 Å². The van der Waals surface area contributed by atoms with E-state index in [0.717, 1.165) is 28.6 Å². The van der Waals surface area contributed by atoms with Gasteiger partial charge in [0.15, 0.2) is 0 Å². The maximum absolute atomic E-state index is 13.1. The lowest BCUT2D eigenvalue weighted by atomic mass is 10.1. The summed E-state index contributed by atoms with van der Waals surface area (Å²) in [5.74, 6) is 0.0293. The largest absolute Gasteiger partial charge is 0.358 e. The summed E-state index contributed by atoms with van der Waals surface area (Å²) in [7, 11) is 0. The van der Waals surface area contributed by atoms with Crippen LogP contribution in [0.4, 0.5) is 0 Å². The SMILES string of the molecule is Cc1[nH]c2ccccc2c1C(=O)N1CCCN(C(=O)c2ccc[nH]2)CC1. The molecule has 26 heavy (non-hydrogen) atoms. The van der Waals surface area contributed by atoms with Gasteiger partial charge in [-0.25, -0.2) is 0 Å². The van der Waals surface area contributed by atoms with Gasteiger partial charge in [0.2, 0.25) is 0 Å². The summed E-state index contributed by atoms with van der Waals surface area (Å²) in [4.78, 5) is 35.6. The van der Waals surface area contributed by atoms with Gasteiger partial charge in [-0.2, -0.15) is 0 Å². The molecule has 1 fully saturated rings. The molecule has 2 aromatic heterocycles. The number of aryl methyl sites for hydroxylation is 1. The predicted molar refractivity (Wildman–Crippen MR) is 100 cm³/mol. The smallest absolute Gasteiger partial charge is 0.270 e. The molecule has 134 valence electrons. The van der Waals surface area contributed by atoms with Crippen molar-refractivity contribution in [2.45, 2.75) is 13.3 Å². The third-order valence-corrected chi connectivity index (χ3v) is 5.01. The second-order valence-corrected chi connectivity index (χ2v) is 6.69. The zero-order chi connectivity index (χ0) is 18.1. The van der Waals surface area contributed by atoms with Gasteiger partial charge in [0.1, 0.15) is 5.69 Å². The number of nitrogens with one attached hydrogen (secondary N) is 2. The number of para-hydroxylation sites is 1. The summed E-state index contributed by atoms with van der Waals surface area (Å²) in [6.07, 6.45) is 2.53. The Hall–Kier alpha value is -3.02. The van der Waals surface area contributed by atoms with Crippen LogP contribution in [-0.4, -0.2) is 57.8 Å². The third kappa shape index (κ3) is 2.87. The Morgan fingerprint density at radius 1 is 0.923 bits per heavy atom. The van der Waals surface area contributed by atoms with Crippen LogP contribution in [0.15, 0.2) is 42.6 Å². The number of aromatic nitrogens is 2. The summed E-state index contributed by atoms with van der Waals surface area (Å²) in [5.41, 5.74) is 3.20. The molecular formula is C20H22N4O2. The molecule has 4 rings (SSSR count). The van der Waals surface area contributed by atoms with Crippen molar-refractivity contribution in [1.29, 1.82) is 0 Å². The summed E-state index contributed by atoms with van der Waals surface area (Å²) >= 11 is 0. The van der Waals surface area contributed by atoms with Crippen LogP contribution >= 0.6 is 0 Å². The first-order valence-electron chi connectivity index (χ1n) is 8.94. The van der Waals surface area contributed by atoms with E-state index in [1.165, 1.54) is 0 Å². The number of amides is 2. The molecule has 6 nitrogen and oxygen atoms in total. The van der Waals surface area contributed by atoms with Crippen molar-refractivity contribution >= 4 is 22.7 Å². The number of benzene rings is 1. The van der Waals surface area contributed by atoms with Crippen molar-refractivity contribution in [3.05, 3.63) is 59.5 Å². The Morgan fingerprint density at radius 3 is 2.38 bits per heavy atom. The molecule has 0 bridgehead atoms. The maximum Gasteiger partial charge on any atom is 0.270 e. The van der Waals surface area contributed by atoms with Gasteiger partial charge in [-0.05, 0) is 31.5 Å². The maximum atomic E-state index is 13.1. The van der Waals surface area contributed by atoms with Gasteiger partial charge in [0, 0.05) is 49.0 Å². The van der Waals surface area contributed by atoms with Crippen LogP contribution in [0, 0.1) is 6.92 Å². The van der Waals surface area contributed by atoms with Crippen molar-refractivity contribution in [3.8, 4) is 0 Å². The van der Waals surface area contributed by atoms with Crippen LogP contribution < -0.4 is 0 Å². The van der Waals surface area contributed by atoms with Gasteiger partial charge in [0.05, 0.1) is 5.56 Å². The van der Waals surface area contributed by atoms with Gasteiger partial charge in [-0.3, -0.25) is 9.59 Å². The number of carbonyl (C=O) groups excluding carboxylic acids is 2. The Bertz CT molecular complexity index is 942. The number of fused-ring (bicyclic) bond motifs is 1. The summed E-state index contributed by atoms with van der Waals surface area (Å²) in [6, 6.07) is 11.5. The standard InChI is InChI=1S/C20H22N4O2/c1-14-18(15-6-2-3-7-16(15)22-14)20(26)24-11-5-10-23(12-13-24)19(25)17-8-4-9-21-17/h2-4,6-9,21-22H,5,10-13H2,1H3. The monoisotopic (exact) mass is 350 g/mol. The molecule has 2 amide bonds. The third-order valence-electron chi connectivity index (χ3n) is 5.01. The van der Waals surface area contributed by atoms with Gasteiger partial charge in [-0.15, -0.1) is 0 Å². The number of nitrogens with zero attached hydrogens (tertiary/aromatic N) is 2. The van der Waals surface area contributed by atoms with E-state index in [1.807, 2.05) is 47.1 Å². The zero-order valence-corrected chi connectivity index (χ0v) is 14.8. The molecule has 0 atom stereocenters. The lowest BCUT2D eigenvalue weighted by molar-refractivity contribution is 0.0716. The molecule has 1 saturated heterocycles. The molecule has 0 aliphatic carbocycles. The zero-order valence-electron chi connectivity index (χ0n) is 14.8. The molecule has 0 spiro atoms. The Labute approximate surface area is 151 Å². The highest BCUT2D eigenvalue weighted by molar-refractivity contribution is 6.08. The van der Waals surface area contributed by atoms with Crippen molar-refractivity contribution in [3.63, 3.8) is 0 Å². The predicted octanol–water partition coefficient (Wildman–Crippen LogP) is 2.79. The van der Waals surface area contributed by atoms with Crippen molar-refractivity contribution in [2.24, 2.45) is 0 Å². The molecule has 0 unspecified atom stereocenters. The van der Waals surface area contributed by atoms with Crippen LogP contribution in [0.25, 0.3) is 10.9 Å². The van der Waals surface area contributed by atoms with Crippen molar-refractivity contribution in [2.75, 3.05) is 26.2 Å². The minimum Gasteiger partial charge on any atom is -0.358 e. The summed E-state index contributed by atoms with van der Waals surface area (Å²) in [6.45, 7) is 4.35. The van der Waals surface area contributed by atoms with Crippen molar-refractivity contribution < 1.29 is 9.59 Å². The fourth-order valence-corrected chi connectivity index (χ4v) is 3.67. The Balaban J connectivity index is 1.53. The molecular weight excluding hydrogens is 328 g/mol. The molecule has 2 N–H and O–H groups in total. The fourth-order valence-electron chi connectivity index (χ4n) is 3.67. The Kier molecular flexibility index (Phi) is 4.24. The quantitative estimate of drug-likeness (QED) is 0.746. The highest BCUT2D eigenvalue weighted by Gasteiger charge is 2.26. The number of H-pyrrole nitrogens is 2. The highest BCUT2D eigenvalue weighted by atomic mass is 16.2. The normalized spacial score (nSPS) is 15.3. The summed E-state index contributed by atoms with van der Waals surface area (Å²) in [5, 5.41) is 0.957.